The molecule has 17 heavy (non-hydrogen) atoms. The van der Waals surface area contributed by atoms with E-state index in [9.17, 15) is 4.79 Å². The molecule has 1 rings (SSSR count). The molecular formula is C13H25ClN2O. The third-order valence-electron chi connectivity index (χ3n) is 2.77. The Morgan fingerprint density at radius 1 is 1.47 bits per heavy atom. The normalized spacial score (nSPS) is 15.8. The van der Waals surface area contributed by atoms with Crippen molar-refractivity contribution in [2.45, 2.75) is 40.0 Å². The predicted molar refractivity (Wildman–Crippen MR) is 74.5 cm³/mol. The van der Waals surface area contributed by atoms with Crippen LogP contribution in [0.25, 0.3) is 0 Å². The Labute approximate surface area is 111 Å². The molecule has 0 aliphatic carbocycles. The van der Waals surface area contributed by atoms with Crippen LogP contribution in [-0.4, -0.2) is 25.5 Å². The molecule has 0 aromatic carbocycles. The molecule has 1 aliphatic rings. The number of rotatable bonds is 4. The lowest BCUT2D eigenvalue weighted by Crippen LogP contribution is -2.30. The Morgan fingerprint density at radius 3 is 2.71 bits per heavy atom. The Hall–Kier alpha value is -0.540. The van der Waals surface area contributed by atoms with E-state index in [0.29, 0.717) is 6.42 Å². The third-order valence-corrected chi connectivity index (χ3v) is 2.77. The summed E-state index contributed by atoms with van der Waals surface area (Å²) in [6, 6.07) is 0. The Kier molecular flexibility index (Phi) is 7.48. The van der Waals surface area contributed by atoms with Gasteiger partial charge in [-0.05, 0) is 24.8 Å². The van der Waals surface area contributed by atoms with Gasteiger partial charge in [-0.1, -0.05) is 32.4 Å². The van der Waals surface area contributed by atoms with Crippen molar-refractivity contribution in [1.82, 2.24) is 10.6 Å². The highest BCUT2D eigenvalue weighted by atomic mass is 35.5. The smallest absolute Gasteiger partial charge is 0.220 e. The van der Waals surface area contributed by atoms with Crippen LogP contribution in [0.5, 0.6) is 0 Å². The van der Waals surface area contributed by atoms with Crippen molar-refractivity contribution in [2.24, 2.45) is 5.41 Å². The fraction of sp³-hybridized carbons (Fsp3) is 0.769. The second kappa shape index (κ2) is 7.72. The summed E-state index contributed by atoms with van der Waals surface area (Å²) in [4.78, 5) is 11.6. The second-order valence-electron chi connectivity index (χ2n) is 5.65. The fourth-order valence-corrected chi connectivity index (χ4v) is 1.62. The van der Waals surface area contributed by atoms with Crippen molar-refractivity contribution in [3.05, 3.63) is 11.6 Å². The number of hydrogen-bond acceptors (Lipinski definition) is 2. The highest BCUT2D eigenvalue weighted by molar-refractivity contribution is 5.85. The molecule has 0 unspecified atom stereocenters. The molecule has 0 spiro atoms. The molecule has 0 saturated heterocycles. The lowest BCUT2D eigenvalue weighted by atomic mass is 9.90. The first-order valence-electron chi connectivity index (χ1n) is 6.13. The summed E-state index contributed by atoms with van der Waals surface area (Å²) in [5.41, 5.74) is 1.59. The van der Waals surface area contributed by atoms with Gasteiger partial charge in [-0.25, -0.2) is 0 Å². The average Bonchev–Trinajstić information content (AvgIpc) is 2.24. The van der Waals surface area contributed by atoms with Crippen LogP contribution in [0.15, 0.2) is 11.6 Å². The molecule has 3 nitrogen and oxygen atoms in total. The molecule has 0 bridgehead atoms. The van der Waals surface area contributed by atoms with E-state index in [4.69, 9.17) is 0 Å². The molecule has 0 fully saturated rings. The van der Waals surface area contributed by atoms with Crippen LogP contribution in [0.2, 0.25) is 0 Å². The van der Waals surface area contributed by atoms with Gasteiger partial charge in [0.25, 0.3) is 0 Å². The fourth-order valence-electron chi connectivity index (χ4n) is 1.62. The number of halogens is 1. The van der Waals surface area contributed by atoms with Crippen LogP contribution in [0.3, 0.4) is 0 Å². The van der Waals surface area contributed by atoms with Gasteiger partial charge in [-0.15, -0.1) is 12.4 Å². The quantitative estimate of drug-likeness (QED) is 0.762. The number of amides is 1. The zero-order valence-corrected chi connectivity index (χ0v) is 12.0. The van der Waals surface area contributed by atoms with Gasteiger partial charge in [0.05, 0.1) is 0 Å². The maximum atomic E-state index is 11.6. The van der Waals surface area contributed by atoms with Crippen LogP contribution in [0.4, 0.5) is 0 Å². The lowest BCUT2D eigenvalue weighted by molar-refractivity contribution is -0.121. The molecule has 1 heterocycles. The minimum absolute atomic E-state index is 0. The Morgan fingerprint density at radius 2 is 2.18 bits per heavy atom. The van der Waals surface area contributed by atoms with Crippen molar-refractivity contribution in [1.29, 1.82) is 0 Å². The van der Waals surface area contributed by atoms with E-state index < -0.39 is 0 Å². The SMILES string of the molecule is CC(C)(C)CCC(=O)NCC1=CCNCC1.Cl. The largest absolute Gasteiger partial charge is 0.352 e. The topological polar surface area (TPSA) is 41.1 Å². The molecule has 4 heteroatoms. The highest BCUT2D eigenvalue weighted by Gasteiger charge is 2.13. The molecule has 1 amide bonds. The monoisotopic (exact) mass is 260 g/mol. The van der Waals surface area contributed by atoms with Gasteiger partial charge in [0.1, 0.15) is 0 Å². The molecule has 0 atom stereocenters. The van der Waals surface area contributed by atoms with Gasteiger partial charge in [0.15, 0.2) is 0 Å². The van der Waals surface area contributed by atoms with Crippen molar-refractivity contribution in [2.75, 3.05) is 19.6 Å². The molecule has 2 N–H and O–H groups in total. The summed E-state index contributed by atoms with van der Waals surface area (Å²) in [6.45, 7) is 9.18. The van der Waals surface area contributed by atoms with E-state index in [1.807, 2.05) is 0 Å². The molecular weight excluding hydrogens is 236 g/mol. The van der Waals surface area contributed by atoms with Crippen molar-refractivity contribution < 1.29 is 4.79 Å². The molecule has 0 aromatic heterocycles. The Balaban J connectivity index is 0.00000256. The van der Waals surface area contributed by atoms with Crippen LogP contribution >= 0.6 is 12.4 Å². The number of carbonyl (C=O) groups is 1. The van der Waals surface area contributed by atoms with Crippen molar-refractivity contribution in [3.63, 3.8) is 0 Å². The third kappa shape index (κ3) is 8.22. The van der Waals surface area contributed by atoms with Crippen LogP contribution < -0.4 is 10.6 Å². The first-order chi connectivity index (χ1) is 7.47. The van der Waals surface area contributed by atoms with Gasteiger partial charge in [-0.2, -0.15) is 0 Å². The lowest BCUT2D eigenvalue weighted by Gasteiger charge is -2.18. The first-order valence-corrected chi connectivity index (χ1v) is 6.13. The highest BCUT2D eigenvalue weighted by Crippen LogP contribution is 2.20. The van der Waals surface area contributed by atoms with Crippen LogP contribution in [0.1, 0.15) is 40.0 Å². The zero-order valence-electron chi connectivity index (χ0n) is 11.1. The predicted octanol–water partition coefficient (Wildman–Crippen LogP) is 2.27. The first kappa shape index (κ1) is 16.5. The summed E-state index contributed by atoms with van der Waals surface area (Å²) < 4.78 is 0. The maximum Gasteiger partial charge on any atom is 0.220 e. The van der Waals surface area contributed by atoms with E-state index in [1.54, 1.807) is 0 Å². The van der Waals surface area contributed by atoms with Gasteiger partial charge < -0.3 is 10.6 Å². The van der Waals surface area contributed by atoms with Gasteiger partial charge in [-0.3, -0.25) is 4.79 Å². The number of carbonyl (C=O) groups excluding carboxylic acids is 1. The van der Waals surface area contributed by atoms with Crippen LogP contribution in [0, 0.1) is 5.41 Å². The summed E-state index contributed by atoms with van der Waals surface area (Å²) in [5, 5.41) is 6.25. The van der Waals surface area contributed by atoms with Gasteiger partial charge in [0.2, 0.25) is 5.91 Å². The summed E-state index contributed by atoms with van der Waals surface area (Å²) in [5.74, 6) is 0.175. The molecule has 100 valence electrons. The molecule has 1 aliphatic heterocycles. The average molecular weight is 261 g/mol. The standard InChI is InChI=1S/C13H24N2O.ClH/c1-13(2,3)7-4-12(16)15-10-11-5-8-14-9-6-11;/h5,14H,4,6-10H2,1-3H3,(H,15,16);1H. The maximum absolute atomic E-state index is 11.6. The van der Waals surface area contributed by atoms with Crippen molar-refractivity contribution in [3.8, 4) is 0 Å². The minimum Gasteiger partial charge on any atom is -0.352 e. The Bertz CT molecular complexity index is 269. The van der Waals surface area contributed by atoms with Crippen LogP contribution in [-0.2, 0) is 4.79 Å². The van der Waals surface area contributed by atoms with Crippen molar-refractivity contribution >= 4 is 18.3 Å². The summed E-state index contributed by atoms with van der Waals surface area (Å²) >= 11 is 0. The zero-order chi connectivity index (χ0) is 12.0. The molecule has 0 aromatic rings. The van der Waals surface area contributed by atoms with Gasteiger partial charge >= 0.3 is 0 Å². The molecule has 0 radical (unpaired) electrons. The molecule has 0 saturated carbocycles. The minimum atomic E-state index is 0. The second-order valence-corrected chi connectivity index (χ2v) is 5.65. The van der Waals surface area contributed by atoms with E-state index in [0.717, 1.165) is 32.5 Å². The van der Waals surface area contributed by atoms with E-state index in [1.165, 1.54) is 5.57 Å². The van der Waals surface area contributed by atoms with E-state index in [-0.39, 0.29) is 23.7 Å². The summed E-state index contributed by atoms with van der Waals surface area (Å²) in [7, 11) is 0. The van der Waals surface area contributed by atoms with E-state index >= 15 is 0 Å². The summed E-state index contributed by atoms with van der Waals surface area (Å²) in [6.07, 6.45) is 4.81. The number of nitrogens with one attached hydrogen (secondary N) is 2. The van der Waals surface area contributed by atoms with E-state index in [2.05, 4.69) is 37.5 Å². The van der Waals surface area contributed by atoms with Gasteiger partial charge in [0, 0.05) is 19.5 Å². The number of hydrogen-bond donors (Lipinski definition) is 2.